The van der Waals surface area contributed by atoms with Gasteiger partial charge in [-0.25, -0.2) is 0 Å². The van der Waals surface area contributed by atoms with E-state index in [1.54, 1.807) is 0 Å². The van der Waals surface area contributed by atoms with Crippen LogP contribution in [-0.4, -0.2) is 6.54 Å². The molecular formula is C14H18F3N. The highest BCUT2D eigenvalue weighted by molar-refractivity contribution is 5.27. The smallest absolute Gasteiger partial charge is 0.310 e. The van der Waals surface area contributed by atoms with Crippen molar-refractivity contribution in [2.45, 2.75) is 32.5 Å². The van der Waals surface area contributed by atoms with Crippen LogP contribution < -0.4 is 5.32 Å². The molecule has 1 aromatic rings. The Balaban J connectivity index is 2.90. The van der Waals surface area contributed by atoms with Crippen molar-refractivity contribution in [1.82, 2.24) is 5.32 Å². The van der Waals surface area contributed by atoms with Crippen LogP contribution >= 0.6 is 0 Å². The molecule has 1 aromatic carbocycles. The molecule has 0 amide bonds. The van der Waals surface area contributed by atoms with E-state index in [2.05, 4.69) is 11.9 Å². The number of nitrogens with one attached hydrogen (secondary N) is 1. The number of hydrogen-bond acceptors (Lipinski definition) is 1. The standard InChI is InChI=1S/C14H18F3N/c1-4-18-13(9-10(2)3)11-5-7-12(8-6-11)14(15,16)17/h5-8,13,18H,2,4,9H2,1,3H3. The van der Waals surface area contributed by atoms with Gasteiger partial charge >= 0.3 is 6.18 Å². The predicted molar refractivity (Wildman–Crippen MR) is 67.3 cm³/mol. The topological polar surface area (TPSA) is 12.0 Å². The lowest BCUT2D eigenvalue weighted by atomic mass is 9.99. The monoisotopic (exact) mass is 257 g/mol. The van der Waals surface area contributed by atoms with Crippen molar-refractivity contribution in [3.05, 3.63) is 47.5 Å². The summed E-state index contributed by atoms with van der Waals surface area (Å²) in [5, 5.41) is 3.25. The Morgan fingerprint density at radius 3 is 2.22 bits per heavy atom. The Labute approximate surface area is 106 Å². The maximum absolute atomic E-state index is 12.4. The van der Waals surface area contributed by atoms with Crippen molar-refractivity contribution >= 4 is 0 Å². The number of hydrogen-bond donors (Lipinski definition) is 1. The molecule has 0 heterocycles. The Hall–Kier alpha value is -1.29. The van der Waals surface area contributed by atoms with Crippen molar-refractivity contribution in [1.29, 1.82) is 0 Å². The maximum atomic E-state index is 12.4. The summed E-state index contributed by atoms with van der Waals surface area (Å²) in [5.74, 6) is 0. The molecule has 0 bridgehead atoms. The quantitative estimate of drug-likeness (QED) is 0.774. The van der Waals surface area contributed by atoms with Crippen molar-refractivity contribution in [2.75, 3.05) is 6.54 Å². The van der Waals surface area contributed by atoms with Gasteiger partial charge in [-0.2, -0.15) is 13.2 Å². The van der Waals surface area contributed by atoms with Crippen molar-refractivity contribution in [3.63, 3.8) is 0 Å². The largest absolute Gasteiger partial charge is 0.416 e. The first-order valence-corrected chi connectivity index (χ1v) is 5.89. The Morgan fingerprint density at radius 1 is 1.28 bits per heavy atom. The van der Waals surface area contributed by atoms with Gasteiger partial charge in [0.25, 0.3) is 0 Å². The van der Waals surface area contributed by atoms with Crippen molar-refractivity contribution in [2.24, 2.45) is 0 Å². The number of alkyl halides is 3. The highest BCUT2D eigenvalue weighted by Gasteiger charge is 2.30. The maximum Gasteiger partial charge on any atom is 0.416 e. The van der Waals surface area contributed by atoms with Crippen LogP contribution in [-0.2, 0) is 6.18 Å². The predicted octanol–water partition coefficient (Wildman–Crippen LogP) is 4.32. The zero-order chi connectivity index (χ0) is 13.8. The van der Waals surface area contributed by atoms with E-state index < -0.39 is 11.7 Å². The molecule has 0 aromatic heterocycles. The fourth-order valence-corrected chi connectivity index (χ4v) is 1.81. The second-order valence-electron chi connectivity index (χ2n) is 4.39. The van der Waals surface area contributed by atoms with Crippen LogP contribution in [0.2, 0.25) is 0 Å². The molecule has 1 rings (SSSR count). The van der Waals surface area contributed by atoms with Crippen LogP contribution in [0.1, 0.15) is 37.4 Å². The van der Waals surface area contributed by atoms with Gasteiger partial charge in [-0.05, 0) is 37.6 Å². The molecule has 0 spiro atoms. The summed E-state index contributed by atoms with van der Waals surface area (Å²) in [6, 6.07) is 5.32. The lowest BCUT2D eigenvalue weighted by Gasteiger charge is -2.19. The molecule has 1 unspecified atom stereocenters. The molecule has 100 valence electrons. The number of benzene rings is 1. The molecular weight excluding hydrogens is 239 g/mol. The minimum absolute atomic E-state index is 0.0229. The average Bonchev–Trinajstić information content (AvgIpc) is 2.27. The minimum Gasteiger partial charge on any atom is -0.310 e. The molecule has 1 N–H and O–H groups in total. The van der Waals surface area contributed by atoms with E-state index in [1.165, 1.54) is 12.1 Å². The van der Waals surface area contributed by atoms with Crippen molar-refractivity contribution in [3.8, 4) is 0 Å². The van der Waals surface area contributed by atoms with Crippen LogP contribution in [0.3, 0.4) is 0 Å². The highest BCUT2D eigenvalue weighted by atomic mass is 19.4. The number of rotatable bonds is 5. The molecule has 4 heteroatoms. The fraction of sp³-hybridized carbons (Fsp3) is 0.429. The third-order valence-corrected chi connectivity index (χ3v) is 2.64. The molecule has 1 atom stereocenters. The van der Waals surface area contributed by atoms with E-state index >= 15 is 0 Å². The fourth-order valence-electron chi connectivity index (χ4n) is 1.81. The second-order valence-corrected chi connectivity index (χ2v) is 4.39. The summed E-state index contributed by atoms with van der Waals surface area (Å²) in [6.45, 7) is 8.48. The van der Waals surface area contributed by atoms with Crippen LogP contribution in [0.25, 0.3) is 0 Å². The summed E-state index contributed by atoms with van der Waals surface area (Å²) in [7, 11) is 0. The molecule has 0 fully saturated rings. The third kappa shape index (κ3) is 4.18. The van der Waals surface area contributed by atoms with Gasteiger partial charge in [-0.3, -0.25) is 0 Å². The molecule has 18 heavy (non-hydrogen) atoms. The van der Waals surface area contributed by atoms with E-state index in [0.717, 1.165) is 36.2 Å². The normalized spacial score (nSPS) is 13.4. The van der Waals surface area contributed by atoms with Gasteiger partial charge in [0.1, 0.15) is 0 Å². The Bertz CT molecular complexity index is 392. The molecule has 0 aliphatic rings. The highest BCUT2D eigenvalue weighted by Crippen LogP contribution is 2.30. The summed E-state index contributed by atoms with van der Waals surface area (Å²) in [6.07, 6.45) is -3.56. The van der Waals surface area contributed by atoms with Gasteiger partial charge in [0.05, 0.1) is 5.56 Å². The van der Waals surface area contributed by atoms with Gasteiger partial charge in [0, 0.05) is 6.04 Å². The summed E-state index contributed by atoms with van der Waals surface area (Å²) < 4.78 is 37.3. The van der Waals surface area contributed by atoms with Gasteiger partial charge in [0.15, 0.2) is 0 Å². The minimum atomic E-state index is -4.28. The lowest BCUT2D eigenvalue weighted by Crippen LogP contribution is -2.21. The summed E-state index contributed by atoms with van der Waals surface area (Å²) in [4.78, 5) is 0. The third-order valence-electron chi connectivity index (χ3n) is 2.64. The lowest BCUT2D eigenvalue weighted by molar-refractivity contribution is -0.137. The zero-order valence-electron chi connectivity index (χ0n) is 10.6. The average molecular weight is 257 g/mol. The Kier molecular flexibility index (Phi) is 4.96. The van der Waals surface area contributed by atoms with E-state index in [0.29, 0.717) is 0 Å². The molecule has 1 nitrogen and oxygen atoms in total. The summed E-state index contributed by atoms with van der Waals surface area (Å²) in [5.41, 5.74) is 1.24. The van der Waals surface area contributed by atoms with Gasteiger partial charge in [0.2, 0.25) is 0 Å². The van der Waals surface area contributed by atoms with Gasteiger partial charge < -0.3 is 5.32 Å². The van der Waals surface area contributed by atoms with E-state index in [9.17, 15) is 13.2 Å². The summed E-state index contributed by atoms with van der Waals surface area (Å²) >= 11 is 0. The molecule has 0 saturated heterocycles. The molecule has 0 aliphatic carbocycles. The van der Waals surface area contributed by atoms with Gasteiger partial charge in [-0.15, -0.1) is 6.58 Å². The first-order valence-electron chi connectivity index (χ1n) is 5.89. The van der Waals surface area contributed by atoms with Crippen molar-refractivity contribution < 1.29 is 13.2 Å². The van der Waals surface area contributed by atoms with E-state index in [-0.39, 0.29) is 6.04 Å². The number of halogens is 3. The van der Waals surface area contributed by atoms with Crippen LogP contribution in [0, 0.1) is 0 Å². The molecule has 0 aliphatic heterocycles. The van der Waals surface area contributed by atoms with E-state index in [4.69, 9.17) is 0 Å². The first kappa shape index (κ1) is 14.8. The zero-order valence-corrected chi connectivity index (χ0v) is 10.6. The second kappa shape index (κ2) is 6.05. The first-order chi connectivity index (χ1) is 8.34. The van der Waals surface area contributed by atoms with Crippen LogP contribution in [0.4, 0.5) is 13.2 Å². The SMILES string of the molecule is C=C(C)CC(NCC)c1ccc(C(F)(F)F)cc1. The van der Waals surface area contributed by atoms with Gasteiger partial charge in [-0.1, -0.05) is 24.6 Å². The van der Waals surface area contributed by atoms with Crippen LogP contribution in [0.15, 0.2) is 36.4 Å². The Morgan fingerprint density at radius 2 is 1.83 bits per heavy atom. The molecule has 0 saturated carbocycles. The van der Waals surface area contributed by atoms with E-state index in [1.807, 2.05) is 13.8 Å². The van der Waals surface area contributed by atoms with Crippen LogP contribution in [0.5, 0.6) is 0 Å². The molecule has 0 radical (unpaired) electrons.